The van der Waals surface area contributed by atoms with Crippen LogP contribution in [0.4, 0.5) is 19.3 Å². The molecule has 1 aromatic heterocycles. The van der Waals surface area contributed by atoms with Gasteiger partial charge in [0.2, 0.25) is 5.95 Å². The van der Waals surface area contributed by atoms with Gasteiger partial charge < -0.3 is 4.74 Å². The lowest BCUT2D eigenvalue weighted by Crippen LogP contribution is -2.14. The lowest BCUT2D eigenvalue weighted by Gasteiger charge is -2.07. The van der Waals surface area contributed by atoms with E-state index in [2.05, 4.69) is 10.3 Å². The topological polar surface area (TPSA) is 51.2 Å². The Balaban J connectivity index is 1.93. The van der Waals surface area contributed by atoms with Crippen LogP contribution in [-0.4, -0.2) is 11.1 Å². The number of carbonyl (C=O) groups excluding carboxylic acids is 1. The molecule has 0 fully saturated rings. The first-order valence-electron chi connectivity index (χ1n) is 5.44. The Labute approximate surface area is 108 Å². The number of pyridine rings is 1. The summed E-state index contributed by atoms with van der Waals surface area (Å²) in [6.45, 7) is 0.0435. The second-order valence-corrected chi connectivity index (χ2v) is 3.67. The van der Waals surface area contributed by atoms with Crippen molar-refractivity contribution in [1.82, 2.24) is 4.98 Å². The number of ether oxygens (including phenoxy) is 1. The largest absolute Gasteiger partial charge is 0.444 e. The highest BCUT2D eigenvalue weighted by Crippen LogP contribution is 2.13. The molecule has 19 heavy (non-hydrogen) atoms. The molecule has 0 atom stereocenters. The molecule has 0 saturated carbocycles. The zero-order chi connectivity index (χ0) is 13.7. The van der Waals surface area contributed by atoms with Crippen molar-refractivity contribution >= 4 is 11.8 Å². The molecule has 0 unspecified atom stereocenters. The van der Waals surface area contributed by atoms with E-state index in [1.807, 2.05) is 6.07 Å². The zero-order valence-corrected chi connectivity index (χ0v) is 9.77. The van der Waals surface area contributed by atoms with Crippen LogP contribution in [0.3, 0.4) is 0 Å². The summed E-state index contributed by atoms with van der Waals surface area (Å²) in [7, 11) is 0. The second kappa shape index (κ2) is 5.90. The van der Waals surface area contributed by atoms with Crippen LogP contribution >= 0.6 is 0 Å². The lowest BCUT2D eigenvalue weighted by atomic mass is 10.2. The summed E-state index contributed by atoms with van der Waals surface area (Å²) < 4.78 is 30.8. The molecule has 0 aliphatic rings. The van der Waals surface area contributed by atoms with Crippen molar-refractivity contribution in [1.29, 1.82) is 0 Å². The summed E-state index contributed by atoms with van der Waals surface area (Å²) in [5.41, 5.74) is 0.476. The fourth-order valence-electron chi connectivity index (χ4n) is 1.38. The smallest absolute Gasteiger partial charge is 0.412 e. The van der Waals surface area contributed by atoms with E-state index in [9.17, 15) is 13.6 Å². The average molecular weight is 264 g/mol. The normalized spacial score (nSPS) is 10.0. The van der Waals surface area contributed by atoms with Crippen LogP contribution in [-0.2, 0) is 11.3 Å². The van der Waals surface area contributed by atoms with Crippen molar-refractivity contribution in [3.8, 4) is 0 Å². The van der Waals surface area contributed by atoms with Crippen LogP contribution in [0, 0.1) is 11.8 Å². The Morgan fingerprint density at radius 2 is 2.00 bits per heavy atom. The number of hydrogen-bond donors (Lipinski definition) is 1. The van der Waals surface area contributed by atoms with Crippen molar-refractivity contribution < 1.29 is 18.3 Å². The molecule has 2 aromatic rings. The maximum Gasteiger partial charge on any atom is 0.412 e. The van der Waals surface area contributed by atoms with Gasteiger partial charge in [0.1, 0.15) is 6.61 Å². The Bertz CT molecular complexity index is 576. The fourth-order valence-corrected chi connectivity index (χ4v) is 1.38. The van der Waals surface area contributed by atoms with Gasteiger partial charge in [0.15, 0.2) is 5.82 Å². The molecule has 6 heteroatoms. The van der Waals surface area contributed by atoms with Crippen LogP contribution in [0.25, 0.3) is 0 Å². The predicted molar refractivity (Wildman–Crippen MR) is 64.4 cm³/mol. The van der Waals surface area contributed by atoms with Gasteiger partial charge in [-0.05, 0) is 5.56 Å². The number of aromatic nitrogens is 1. The van der Waals surface area contributed by atoms with E-state index in [1.165, 1.54) is 0 Å². The van der Waals surface area contributed by atoms with E-state index < -0.39 is 17.9 Å². The summed E-state index contributed by atoms with van der Waals surface area (Å²) in [6, 6.07) is 9.76. The minimum atomic E-state index is -0.889. The summed E-state index contributed by atoms with van der Waals surface area (Å²) in [5, 5.41) is 2.11. The first-order valence-corrected chi connectivity index (χ1v) is 5.44. The molecule has 1 N–H and O–H groups in total. The molecular formula is C13H10F2N2O2. The first-order chi connectivity index (χ1) is 9.15. The third-order valence-corrected chi connectivity index (χ3v) is 2.27. The highest BCUT2D eigenvalue weighted by molar-refractivity contribution is 5.84. The standard InChI is InChI=1S/C13H10F2N2O2/c14-10-7-16-12(15)6-11(10)17-13(18)19-8-9-4-2-1-3-5-9/h1-7H,8H2,(H,16,17,18). The molecule has 0 spiro atoms. The number of benzene rings is 1. The monoisotopic (exact) mass is 264 g/mol. The molecule has 0 aliphatic heterocycles. The van der Waals surface area contributed by atoms with Gasteiger partial charge in [-0.25, -0.2) is 14.2 Å². The molecule has 1 heterocycles. The van der Waals surface area contributed by atoms with Crippen LogP contribution in [0.5, 0.6) is 0 Å². The predicted octanol–water partition coefficient (Wildman–Crippen LogP) is 3.11. The van der Waals surface area contributed by atoms with Gasteiger partial charge >= 0.3 is 6.09 Å². The van der Waals surface area contributed by atoms with Crippen molar-refractivity contribution in [3.05, 3.63) is 59.9 Å². The minimum Gasteiger partial charge on any atom is -0.444 e. The number of rotatable bonds is 3. The highest BCUT2D eigenvalue weighted by Gasteiger charge is 2.09. The first kappa shape index (κ1) is 12.9. The lowest BCUT2D eigenvalue weighted by molar-refractivity contribution is 0.155. The number of carbonyl (C=O) groups is 1. The summed E-state index contributed by atoms with van der Waals surface area (Å²) in [4.78, 5) is 14.5. The van der Waals surface area contributed by atoms with E-state index in [0.29, 0.717) is 6.20 Å². The average Bonchev–Trinajstić information content (AvgIpc) is 2.42. The van der Waals surface area contributed by atoms with E-state index in [1.54, 1.807) is 24.3 Å². The third kappa shape index (κ3) is 3.74. The van der Waals surface area contributed by atoms with Crippen molar-refractivity contribution in [2.75, 3.05) is 5.32 Å². The van der Waals surface area contributed by atoms with Crippen molar-refractivity contribution in [2.45, 2.75) is 6.61 Å². The SMILES string of the molecule is O=C(Nc1cc(F)ncc1F)OCc1ccccc1. The van der Waals surface area contributed by atoms with Crippen LogP contribution < -0.4 is 5.32 Å². The van der Waals surface area contributed by atoms with E-state index in [0.717, 1.165) is 11.6 Å². The maximum absolute atomic E-state index is 13.2. The molecule has 0 radical (unpaired) electrons. The molecule has 1 amide bonds. The third-order valence-electron chi connectivity index (χ3n) is 2.27. The van der Waals surface area contributed by atoms with Crippen molar-refractivity contribution in [2.24, 2.45) is 0 Å². The highest BCUT2D eigenvalue weighted by atomic mass is 19.1. The number of halogens is 2. The van der Waals surface area contributed by atoms with E-state index in [-0.39, 0.29) is 12.3 Å². The van der Waals surface area contributed by atoms with Gasteiger partial charge in [0.25, 0.3) is 0 Å². The minimum absolute atomic E-state index is 0.0435. The fraction of sp³-hybridized carbons (Fsp3) is 0.0769. The zero-order valence-electron chi connectivity index (χ0n) is 9.77. The van der Waals surface area contributed by atoms with E-state index in [4.69, 9.17) is 4.74 Å². The van der Waals surface area contributed by atoms with Gasteiger partial charge in [-0.2, -0.15) is 4.39 Å². The number of hydrogen-bond acceptors (Lipinski definition) is 3. The molecule has 2 rings (SSSR count). The Morgan fingerprint density at radius 3 is 2.74 bits per heavy atom. The van der Waals surface area contributed by atoms with Gasteiger partial charge in [0, 0.05) is 6.07 Å². The molecule has 98 valence electrons. The van der Waals surface area contributed by atoms with E-state index >= 15 is 0 Å². The Hall–Kier alpha value is -2.50. The molecule has 1 aromatic carbocycles. The number of nitrogens with zero attached hydrogens (tertiary/aromatic N) is 1. The van der Waals surface area contributed by atoms with Gasteiger partial charge in [-0.3, -0.25) is 5.32 Å². The molecule has 0 saturated heterocycles. The number of nitrogens with one attached hydrogen (secondary N) is 1. The van der Waals surface area contributed by atoms with Gasteiger partial charge in [0.05, 0.1) is 11.9 Å². The van der Waals surface area contributed by atoms with Crippen molar-refractivity contribution in [3.63, 3.8) is 0 Å². The summed E-state index contributed by atoms with van der Waals surface area (Å²) >= 11 is 0. The molecule has 0 bridgehead atoms. The van der Waals surface area contributed by atoms with Crippen LogP contribution in [0.15, 0.2) is 42.6 Å². The second-order valence-electron chi connectivity index (χ2n) is 3.67. The van der Waals surface area contributed by atoms with Gasteiger partial charge in [-0.15, -0.1) is 0 Å². The molecule has 4 nitrogen and oxygen atoms in total. The van der Waals surface area contributed by atoms with Crippen LogP contribution in [0.2, 0.25) is 0 Å². The Morgan fingerprint density at radius 1 is 1.26 bits per heavy atom. The summed E-state index contributed by atoms with van der Waals surface area (Å²) in [5.74, 6) is -1.72. The van der Waals surface area contributed by atoms with Crippen LogP contribution in [0.1, 0.15) is 5.56 Å². The molecule has 0 aliphatic carbocycles. The number of amides is 1. The Kier molecular flexibility index (Phi) is 4.02. The molecular weight excluding hydrogens is 254 g/mol. The quantitative estimate of drug-likeness (QED) is 0.866. The number of anilines is 1. The van der Waals surface area contributed by atoms with Gasteiger partial charge in [-0.1, -0.05) is 30.3 Å². The maximum atomic E-state index is 13.2. The summed E-state index contributed by atoms with van der Waals surface area (Å²) in [6.07, 6.45) is -0.185.